The zero-order chi connectivity index (χ0) is 13.3. The first kappa shape index (κ1) is 15.7. The number of carbonyl (C=O) groups is 2. The molecule has 0 bridgehead atoms. The van der Waals surface area contributed by atoms with E-state index < -0.39 is 11.5 Å². The van der Waals surface area contributed by atoms with Gasteiger partial charge in [0.1, 0.15) is 0 Å². The zero-order valence-corrected chi connectivity index (χ0v) is 10.7. The van der Waals surface area contributed by atoms with Gasteiger partial charge in [-0.3, -0.25) is 4.79 Å². The van der Waals surface area contributed by atoms with Gasteiger partial charge in [-0.2, -0.15) is 0 Å². The van der Waals surface area contributed by atoms with E-state index >= 15 is 0 Å². The van der Waals surface area contributed by atoms with Gasteiger partial charge in [-0.25, -0.2) is 4.79 Å². The van der Waals surface area contributed by atoms with Crippen LogP contribution in [0.2, 0.25) is 0 Å². The molecule has 0 spiro atoms. The lowest BCUT2D eigenvalue weighted by Gasteiger charge is -2.25. The molecule has 0 unspecified atom stereocenters. The number of carboxylic acid groups (broad SMARTS) is 1. The molecule has 0 aromatic heterocycles. The first-order valence-electron chi connectivity index (χ1n) is 5.64. The highest BCUT2D eigenvalue weighted by atomic mass is 16.5. The molecular formula is C11H22N2O4. The number of aliphatic carboxylic acids is 1. The lowest BCUT2D eigenvalue weighted by atomic mass is 9.99. The molecule has 0 saturated carbocycles. The monoisotopic (exact) mass is 246 g/mol. The predicted octanol–water partition coefficient (Wildman–Crippen LogP) is 0.965. The molecule has 0 aliphatic carbocycles. The van der Waals surface area contributed by atoms with Crippen molar-refractivity contribution in [2.24, 2.45) is 0 Å². The maximum Gasteiger partial charge on any atom is 0.315 e. The SMILES string of the molecule is COCCCNC(=O)NC(C)(C)CCC(=O)O. The largest absolute Gasteiger partial charge is 0.481 e. The molecule has 0 fully saturated rings. The van der Waals surface area contributed by atoms with Crippen molar-refractivity contribution in [2.75, 3.05) is 20.3 Å². The Labute approximate surface area is 102 Å². The van der Waals surface area contributed by atoms with E-state index in [-0.39, 0.29) is 12.5 Å². The molecule has 100 valence electrons. The third-order valence-electron chi connectivity index (χ3n) is 2.23. The van der Waals surface area contributed by atoms with Crippen LogP contribution in [0.1, 0.15) is 33.1 Å². The second-order valence-electron chi connectivity index (χ2n) is 4.50. The molecule has 0 aromatic carbocycles. The number of urea groups is 1. The van der Waals surface area contributed by atoms with Gasteiger partial charge in [0.2, 0.25) is 0 Å². The van der Waals surface area contributed by atoms with Crippen molar-refractivity contribution in [3.05, 3.63) is 0 Å². The van der Waals surface area contributed by atoms with Gasteiger partial charge >= 0.3 is 12.0 Å². The van der Waals surface area contributed by atoms with Crippen LogP contribution in [0.3, 0.4) is 0 Å². The number of carboxylic acids is 1. The predicted molar refractivity (Wildman–Crippen MR) is 64.0 cm³/mol. The van der Waals surface area contributed by atoms with Crippen LogP contribution in [-0.4, -0.2) is 42.9 Å². The Morgan fingerprint density at radius 3 is 2.53 bits per heavy atom. The Kier molecular flexibility index (Phi) is 7.29. The Morgan fingerprint density at radius 2 is 2.00 bits per heavy atom. The van der Waals surface area contributed by atoms with Crippen LogP contribution in [0, 0.1) is 0 Å². The summed E-state index contributed by atoms with van der Waals surface area (Å²) in [5, 5.41) is 14.0. The number of rotatable bonds is 8. The Balaban J connectivity index is 3.80. The summed E-state index contributed by atoms with van der Waals surface area (Å²) >= 11 is 0. The lowest BCUT2D eigenvalue weighted by Crippen LogP contribution is -2.48. The summed E-state index contributed by atoms with van der Waals surface area (Å²) in [5.74, 6) is -0.861. The van der Waals surface area contributed by atoms with Crippen molar-refractivity contribution in [1.29, 1.82) is 0 Å². The van der Waals surface area contributed by atoms with Crippen LogP contribution in [0.4, 0.5) is 4.79 Å². The zero-order valence-electron chi connectivity index (χ0n) is 10.7. The van der Waals surface area contributed by atoms with Crippen molar-refractivity contribution < 1.29 is 19.4 Å². The lowest BCUT2D eigenvalue weighted by molar-refractivity contribution is -0.137. The Morgan fingerprint density at radius 1 is 1.35 bits per heavy atom. The molecule has 0 saturated heterocycles. The van der Waals surface area contributed by atoms with Gasteiger partial charge in [-0.1, -0.05) is 0 Å². The molecule has 0 aromatic rings. The highest BCUT2D eigenvalue weighted by Crippen LogP contribution is 2.10. The summed E-state index contributed by atoms with van der Waals surface area (Å²) in [6.07, 6.45) is 1.18. The number of nitrogens with one attached hydrogen (secondary N) is 2. The highest BCUT2D eigenvalue weighted by molar-refractivity contribution is 5.74. The van der Waals surface area contributed by atoms with Crippen LogP contribution in [0.5, 0.6) is 0 Å². The van der Waals surface area contributed by atoms with E-state index in [1.54, 1.807) is 21.0 Å². The fraction of sp³-hybridized carbons (Fsp3) is 0.818. The fourth-order valence-electron chi connectivity index (χ4n) is 1.25. The van der Waals surface area contributed by atoms with Crippen LogP contribution in [0.15, 0.2) is 0 Å². The third-order valence-corrected chi connectivity index (χ3v) is 2.23. The third kappa shape index (κ3) is 9.62. The molecule has 6 nitrogen and oxygen atoms in total. The minimum atomic E-state index is -0.861. The number of hydrogen-bond acceptors (Lipinski definition) is 3. The smallest absolute Gasteiger partial charge is 0.315 e. The van der Waals surface area contributed by atoms with Gasteiger partial charge in [0.05, 0.1) is 0 Å². The van der Waals surface area contributed by atoms with E-state index in [0.29, 0.717) is 19.6 Å². The van der Waals surface area contributed by atoms with E-state index in [2.05, 4.69) is 10.6 Å². The highest BCUT2D eigenvalue weighted by Gasteiger charge is 2.21. The number of amides is 2. The molecule has 2 amide bonds. The molecule has 3 N–H and O–H groups in total. The van der Waals surface area contributed by atoms with E-state index in [9.17, 15) is 9.59 Å². The summed E-state index contributed by atoms with van der Waals surface area (Å²) in [4.78, 5) is 21.9. The maximum atomic E-state index is 11.5. The molecule has 0 atom stereocenters. The molecule has 0 rings (SSSR count). The van der Waals surface area contributed by atoms with Crippen LogP contribution in [0.25, 0.3) is 0 Å². The van der Waals surface area contributed by atoms with Gasteiger partial charge in [0, 0.05) is 32.2 Å². The average molecular weight is 246 g/mol. The second-order valence-corrected chi connectivity index (χ2v) is 4.50. The first-order chi connectivity index (χ1) is 7.87. The van der Waals surface area contributed by atoms with Crippen molar-refractivity contribution in [2.45, 2.75) is 38.6 Å². The average Bonchev–Trinajstić information content (AvgIpc) is 2.21. The van der Waals surface area contributed by atoms with E-state index in [1.165, 1.54) is 0 Å². The summed E-state index contributed by atoms with van der Waals surface area (Å²) < 4.78 is 4.85. The van der Waals surface area contributed by atoms with Gasteiger partial charge in [0.15, 0.2) is 0 Å². The van der Waals surface area contributed by atoms with E-state index in [4.69, 9.17) is 9.84 Å². The molecule has 0 aliphatic rings. The summed E-state index contributed by atoms with van der Waals surface area (Å²) in [6, 6.07) is -0.281. The van der Waals surface area contributed by atoms with Crippen molar-refractivity contribution in [3.8, 4) is 0 Å². The minimum absolute atomic E-state index is 0.0386. The summed E-state index contributed by atoms with van der Waals surface area (Å²) in [6.45, 7) is 4.73. The minimum Gasteiger partial charge on any atom is -0.481 e. The topological polar surface area (TPSA) is 87.7 Å². The number of ether oxygens (including phenoxy) is 1. The molecule has 0 aliphatic heterocycles. The van der Waals surface area contributed by atoms with Crippen molar-refractivity contribution in [3.63, 3.8) is 0 Å². The van der Waals surface area contributed by atoms with Crippen LogP contribution in [-0.2, 0) is 9.53 Å². The van der Waals surface area contributed by atoms with Crippen molar-refractivity contribution in [1.82, 2.24) is 10.6 Å². The van der Waals surface area contributed by atoms with E-state index in [1.807, 2.05) is 0 Å². The second kappa shape index (κ2) is 7.89. The normalized spacial score (nSPS) is 11.0. The van der Waals surface area contributed by atoms with Gasteiger partial charge in [-0.15, -0.1) is 0 Å². The van der Waals surface area contributed by atoms with Gasteiger partial charge in [-0.05, 0) is 26.7 Å². The van der Waals surface area contributed by atoms with E-state index in [0.717, 1.165) is 6.42 Å². The fourth-order valence-corrected chi connectivity index (χ4v) is 1.25. The number of carbonyl (C=O) groups excluding carboxylic acids is 1. The molecule has 0 radical (unpaired) electrons. The standard InChI is InChI=1S/C11H22N2O4/c1-11(2,6-5-9(14)15)13-10(16)12-7-4-8-17-3/h4-8H2,1-3H3,(H,14,15)(H2,12,13,16). The Hall–Kier alpha value is -1.30. The van der Waals surface area contributed by atoms with Gasteiger partial charge in [0.25, 0.3) is 0 Å². The quantitative estimate of drug-likeness (QED) is 0.557. The summed E-state index contributed by atoms with van der Waals surface area (Å²) in [5.41, 5.74) is -0.524. The number of methoxy groups -OCH3 is 1. The van der Waals surface area contributed by atoms with Crippen molar-refractivity contribution >= 4 is 12.0 Å². The first-order valence-corrected chi connectivity index (χ1v) is 5.64. The molecular weight excluding hydrogens is 224 g/mol. The van der Waals surface area contributed by atoms with Crippen LogP contribution < -0.4 is 10.6 Å². The van der Waals surface area contributed by atoms with Gasteiger partial charge < -0.3 is 20.5 Å². The maximum absolute atomic E-state index is 11.5. The molecule has 6 heteroatoms. The number of hydrogen-bond donors (Lipinski definition) is 3. The van der Waals surface area contributed by atoms with Crippen LogP contribution >= 0.6 is 0 Å². The summed E-state index contributed by atoms with van der Waals surface area (Å²) in [7, 11) is 1.61. The molecule has 17 heavy (non-hydrogen) atoms. The Bertz CT molecular complexity index is 254. The molecule has 0 heterocycles.